The number of nitrogens with zero attached hydrogens (tertiary/aromatic N) is 6. The number of rotatable bonds is 5. The molecule has 0 atom stereocenters. The zero-order chi connectivity index (χ0) is 19.2. The van der Waals surface area contributed by atoms with Crippen molar-refractivity contribution >= 4 is 15.8 Å². The van der Waals surface area contributed by atoms with Crippen LogP contribution < -0.4 is 4.90 Å². The second kappa shape index (κ2) is 6.87. The Morgan fingerprint density at radius 3 is 2.63 bits per heavy atom. The van der Waals surface area contributed by atoms with E-state index in [1.165, 1.54) is 22.7 Å². The fourth-order valence-electron chi connectivity index (χ4n) is 3.58. The number of sulfonamides is 1. The number of likely N-dealkylation sites (N-methyl/N-ethyl adjacent to an activating group) is 1. The first kappa shape index (κ1) is 18.4. The van der Waals surface area contributed by atoms with Gasteiger partial charge in [0, 0.05) is 32.4 Å². The Kier molecular flexibility index (Phi) is 4.67. The molecule has 0 saturated carbocycles. The molecular formula is C18H26N6O2S. The van der Waals surface area contributed by atoms with Crippen LogP contribution in [-0.4, -0.2) is 58.7 Å². The maximum absolute atomic E-state index is 12.8. The average molecular weight is 391 g/mol. The molecule has 0 unspecified atom stereocenters. The maximum Gasteiger partial charge on any atom is 0.262 e. The topological polar surface area (TPSA) is 84.2 Å². The molecule has 146 valence electrons. The molecule has 0 N–H and O–H groups in total. The first-order chi connectivity index (χ1) is 12.9. The number of imidazole rings is 1. The summed E-state index contributed by atoms with van der Waals surface area (Å²) in [5.74, 6) is 0.849. The van der Waals surface area contributed by atoms with Crippen molar-refractivity contribution in [1.82, 2.24) is 24.1 Å². The summed E-state index contributed by atoms with van der Waals surface area (Å²) in [6.07, 6.45) is 7.62. The zero-order valence-electron chi connectivity index (χ0n) is 16.0. The van der Waals surface area contributed by atoms with Gasteiger partial charge in [0.2, 0.25) is 0 Å². The summed E-state index contributed by atoms with van der Waals surface area (Å²) in [4.78, 5) is 6.18. The molecule has 1 aliphatic carbocycles. The minimum absolute atomic E-state index is 0.0861. The van der Waals surface area contributed by atoms with E-state index in [1.807, 2.05) is 13.8 Å². The van der Waals surface area contributed by atoms with Crippen molar-refractivity contribution in [3.05, 3.63) is 29.8 Å². The lowest BCUT2D eigenvalue weighted by Crippen LogP contribution is -2.60. The lowest BCUT2D eigenvalue weighted by molar-refractivity contribution is 0.308. The predicted octanol–water partition coefficient (Wildman–Crippen LogP) is 1.64. The summed E-state index contributed by atoms with van der Waals surface area (Å²) >= 11 is 0. The number of aryl methyl sites for hydroxylation is 2. The summed E-state index contributed by atoms with van der Waals surface area (Å²) in [7, 11) is -1.96. The summed E-state index contributed by atoms with van der Waals surface area (Å²) in [5.41, 5.74) is 2.40. The van der Waals surface area contributed by atoms with Crippen LogP contribution >= 0.6 is 0 Å². The van der Waals surface area contributed by atoms with Gasteiger partial charge in [-0.3, -0.25) is 0 Å². The zero-order valence-corrected chi connectivity index (χ0v) is 16.9. The van der Waals surface area contributed by atoms with Crippen LogP contribution in [0.1, 0.15) is 44.0 Å². The molecule has 4 rings (SSSR count). The Morgan fingerprint density at radius 2 is 1.93 bits per heavy atom. The monoisotopic (exact) mass is 390 g/mol. The first-order valence-corrected chi connectivity index (χ1v) is 10.9. The van der Waals surface area contributed by atoms with E-state index >= 15 is 0 Å². The molecule has 2 aromatic rings. The van der Waals surface area contributed by atoms with E-state index in [0.717, 1.165) is 24.4 Å². The van der Waals surface area contributed by atoms with E-state index in [9.17, 15) is 8.42 Å². The predicted molar refractivity (Wildman–Crippen MR) is 102 cm³/mol. The molecule has 0 radical (unpaired) electrons. The highest BCUT2D eigenvalue weighted by Crippen LogP contribution is 2.28. The van der Waals surface area contributed by atoms with Crippen molar-refractivity contribution in [3.63, 3.8) is 0 Å². The molecule has 0 aromatic carbocycles. The van der Waals surface area contributed by atoms with Gasteiger partial charge in [-0.05, 0) is 51.2 Å². The van der Waals surface area contributed by atoms with Crippen molar-refractivity contribution in [1.29, 1.82) is 0 Å². The van der Waals surface area contributed by atoms with Crippen molar-refractivity contribution in [2.24, 2.45) is 0 Å². The van der Waals surface area contributed by atoms with Crippen molar-refractivity contribution in [2.75, 3.05) is 25.0 Å². The molecule has 27 heavy (non-hydrogen) atoms. The van der Waals surface area contributed by atoms with Gasteiger partial charge in [0.1, 0.15) is 0 Å². The van der Waals surface area contributed by atoms with Gasteiger partial charge in [-0.1, -0.05) is 0 Å². The molecule has 1 fully saturated rings. The van der Waals surface area contributed by atoms with Gasteiger partial charge in [0.05, 0.1) is 18.1 Å². The summed E-state index contributed by atoms with van der Waals surface area (Å²) in [6, 6.07) is 2.21. The van der Waals surface area contributed by atoms with Crippen LogP contribution in [0.3, 0.4) is 0 Å². The molecular weight excluding hydrogens is 364 g/mol. The van der Waals surface area contributed by atoms with E-state index in [0.29, 0.717) is 13.1 Å². The van der Waals surface area contributed by atoms with E-state index in [2.05, 4.69) is 26.1 Å². The molecule has 9 heteroatoms. The third kappa shape index (κ3) is 3.34. The second-order valence-electron chi connectivity index (χ2n) is 7.71. The van der Waals surface area contributed by atoms with Crippen LogP contribution in [0, 0.1) is 0 Å². The Labute approximate surface area is 160 Å². The van der Waals surface area contributed by atoms with Gasteiger partial charge in [-0.25, -0.2) is 13.4 Å². The number of fused-ring (bicyclic) bond motifs is 1. The van der Waals surface area contributed by atoms with Crippen LogP contribution in [0.4, 0.5) is 5.82 Å². The van der Waals surface area contributed by atoms with Crippen molar-refractivity contribution in [3.8, 4) is 0 Å². The highest BCUT2D eigenvalue weighted by Gasteiger charge is 2.38. The minimum Gasteiger partial charge on any atom is -0.352 e. The van der Waals surface area contributed by atoms with Gasteiger partial charge in [-0.15, -0.1) is 5.10 Å². The Balaban J connectivity index is 1.44. The minimum atomic E-state index is -3.59. The molecule has 1 aliphatic heterocycles. The lowest BCUT2D eigenvalue weighted by atomic mass is 9.96. The molecule has 2 aromatic heterocycles. The summed E-state index contributed by atoms with van der Waals surface area (Å²) in [5, 5.41) is 8.82. The van der Waals surface area contributed by atoms with E-state index < -0.39 is 10.0 Å². The van der Waals surface area contributed by atoms with Gasteiger partial charge < -0.3 is 9.47 Å². The van der Waals surface area contributed by atoms with Crippen LogP contribution in [0.2, 0.25) is 0 Å². The molecule has 2 aliphatic rings. The smallest absolute Gasteiger partial charge is 0.262 e. The molecule has 8 nitrogen and oxygen atoms in total. The summed E-state index contributed by atoms with van der Waals surface area (Å²) in [6.45, 7) is 5.22. The number of hydrogen-bond acceptors (Lipinski definition) is 6. The third-order valence-corrected chi connectivity index (χ3v) is 7.37. The van der Waals surface area contributed by atoms with Gasteiger partial charge in [0.25, 0.3) is 10.0 Å². The van der Waals surface area contributed by atoms with Gasteiger partial charge in [-0.2, -0.15) is 9.40 Å². The number of aromatic nitrogens is 4. The van der Waals surface area contributed by atoms with Crippen LogP contribution in [0.15, 0.2) is 23.6 Å². The highest BCUT2D eigenvalue weighted by molar-refractivity contribution is 7.89. The van der Waals surface area contributed by atoms with Gasteiger partial charge in [0.15, 0.2) is 10.8 Å². The Morgan fingerprint density at radius 1 is 1.19 bits per heavy atom. The highest BCUT2D eigenvalue weighted by atomic mass is 32.2. The molecule has 0 bridgehead atoms. The standard InChI is InChI=1S/C18H26N6O2S/c1-13(2)24-11-18(19-12-24)27(25,26)22(3)15-9-23(10-15)17-8-14-6-4-5-7-16(14)20-21-17/h8,11-13,15H,4-7,9-10H2,1-3H3. The second-order valence-corrected chi connectivity index (χ2v) is 9.66. The van der Waals surface area contributed by atoms with Crippen LogP contribution in [0.25, 0.3) is 0 Å². The number of hydrogen-bond donors (Lipinski definition) is 0. The quantitative estimate of drug-likeness (QED) is 0.772. The molecule has 0 amide bonds. The average Bonchev–Trinajstić information content (AvgIpc) is 3.11. The fraction of sp³-hybridized carbons (Fsp3) is 0.611. The lowest BCUT2D eigenvalue weighted by Gasteiger charge is -2.43. The van der Waals surface area contributed by atoms with Crippen molar-refractivity contribution < 1.29 is 8.42 Å². The number of anilines is 1. The largest absolute Gasteiger partial charge is 0.352 e. The van der Waals surface area contributed by atoms with Crippen molar-refractivity contribution in [2.45, 2.75) is 56.6 Å². The SMILES string of the molecule is CC(C)n1cnc(S(=O)(=O)N(C)C2CN(c3cc4c(nn3)CCCC4)C2)c1. The molecule has 0 spiro atoms. The fourth-order valence-corrected chi connectivity index (χ4v) is 4.84. The molecule has 1 saturated heterocycles. The third-order valence-electron chi connectivity index (χ3n) is 5.57. The van der Waals surface area contributed by atoms with Crippen LogP contribution in [0.5, 0.6) is 0 Å². The van der Waals surface area contributed by atoms with Crippen LogP contribution in [-0.2, 0) is 22.9 Å². The van der Waals surface area contributed by atoms with E-state index in [4.69, 9.17) is 0 Å². The summed E-state index contributed by atoms with van der Waals surface area (Å²) < 4.78 is 28.9. The Bertz CT molecular complexity index is 933. The Hall–Kier alpha value is -2.00. The van der Waals surface area contributed by atoms with Gasteiger partial charge >= 0.3 is 0 Å². The maximum atomic E-state index is 12.8. The molecule has 3 heterocycles. The normalized spacial score (nSPS) is 18.0. The first-order valence-electron chi connectivity index (χ1n) is 9.48. The van der Waals surface area contributed by atoms with E-state index in [-0.39, 0.29) is 17.1 Å². The van der Waals surface area contributed by atoms with E-state index in [1.54, 1.807) is 24.1 Å².